The molecule has 128 valence electrons. The van der Waals surface area contributed by atoms with Crippen molar-refractivity contribution in [1.29, 1.82) is 5.26 Å². The zero-order valence-corrected chi connectivity index (χ0v) is 14.3. The molecule has 2 aromatic rings. The van der Waals surface area contributed by atoms with E-state index < -0.39 is 5.91 Å². The van der Waals surface area contributed by atoms with Gasteiger partial charge in [0.15, 0.2) is 11.5 Å². The lowest BCUT2D eigenvalue weighted by Crippen LogP contribution is -2.13. The average Bonchev–Trinajstić information content (AvgIpc) is 2.63. The van der Waals surface area contributed by atoms with Crippen molar-refractivity contribution in [2.75, 3.05) is 18.5 Å². The number of para-hydroxylation sites is 1. The molecule has 0 radical (unpaired) electrons. The Morgan fingerprint density at radius 1 is 1.08 bits per heavy atom. The van der Waals surface area contributed by atoms with Crippen LogP contribution in [0.2, 0.25) is 0 Å². The Morgan fingerprint density at radius 3 is 2.40 bits per heavy atom. The Bertz CT molecular complexity index is 792. The Hall–Kier alpha value is -3.26. The number of nitriles is 1. The van der Waals surface area contributed by atoms with Crippen LogP contribution in [-0.4, -0.2) is 19.1 Å². The molecule has 0 aliphatic heterocycles. The van der Waals surface area contributed by atoms with Gasteiger partial charge in [-0.3, -0.25) is 4.79 Å². The van der Waals surface area contributed by atoms with Crippen molar-refractivity contribution in [1.82, 2.24) is 0 Å². The first-order valence-electron chi connectivity index (χ1n) is 8.05. The maximum Gasteiger partial charge on any atom is 0.266 e. The summed E-state index contributed by atoms with van der Waals surface area (Å²) in [5, 5.41) is 12.0. The summed E-state index contributed by atoms with van der Waals surface area (Å²) in [4.78, 5) is 12.3. The van der Waals surface area contributed by atoms with Crippen LogP contribution in [0.1, 0.15) is 19.4 Å². The molecule has 0 aromatic heterocycles. The normalized spacial score (nSPS) is 10.7. The van der Waals surface area contributed by atoms with Crippen molar-refractivity contribution in [2.45, 2.75) is 13.8 Å². The number of nitrogens with zero attached hydrogens (tertiary/aromatic N) is 1. The summed E-state index contributed by atoms with van der Waals surface area (Å²) in [7, 11) is 0. The van der Waals surface area contributed by atoms with Crippen LogP contribution < -0.4 is 14.8 Å². The van der Waals surface area contributed by atoms with Crippen molar-refractivity contribution >= 4 is 17.7 Å². The molecule has 5 nitrogen and oxygen atoms in total. The van der Waals surface area contributed by atoms with E-state index in [4.69, 9.17) is 9.47 Å². The van der Waals surface area contributed by atoms with E-state index in [0.717, 1.165) is 0 Å². The van der Waals surface area contributed by atoms with Gasteiger partial charge in [-0.1, -0.05) is 24.3 Å². The van der Waals surface area contributed by atoms with Crippen LogP contribution in [-0.2, 0) is 4.79 Å². The van der Waals surface area contributed by atoms with Crippen molar-refractivity contribution in [3.8, 4) is 17.6 Å². The maximum atomic E-state index is 12.3. The molecule has 0 heterocycles. The summed E-state index contributed by atoms with van der Waals surface area (Å²) < 4.78 is 11.1. The summed E-state index contributed by atoms with van der Waals surface area (Å²) in [6.45, 7) is 4.79. The van der Waals surface area contributed by atoms with Gasteiger partial charge in [-0.25, -0.2) is 0 Å². The Morgan fingerprint density at radius 2 is 1.76 bits per heavy atom. The smallest absolute Gasteiger partial charge is 0.266 e. The van der Waals surface area contributed by atoms with Crippen LogP contribution in [0.5, 0.6) is 11.5 Å². The van der Waals surface area contributed by atoms with Crippen LogP contribution in [0.4, 0.5) is 5.69 Å². The minimum Gasteiger partial charge on any atom is -0.490 e. The van der Waals surface area contributed by atoms with E-state index in [-0.39, 0.29) is 5.57 Å². The third-order valence-corrected chi connectivity index (χ3v) is 3.28. The molecular weight excluding hydrogens is 316 g/mol. The molecule has 0 aliphatic carbocycles. The highest BCUT2D eigenvalue weighted by Gasteiger charge is 2.11. The maximum absolute atomic E-state index is 12.3. The first-order valence-corrected chi connectivity index (χ1v) is 8.05. The minimum absolute atomic E-state index is 0.00969. The lowest BCUT2D eigenvalue weighted by molar-refractivity contribution is -0.112. The van der Waals surface area contributed by atoms with Crippen molar-refractivity contribution < 1.29 is 14.3 Å². The van der Waals surface area contributed by atoms with Gasteiger partial charge in [0.2, 0.25) is 0 Å². The fraction of sp³-hybridized carbons (Fsp3) is 0.200. The first kappa shape index (κ1) is 18.1. The minimum atomic E-state index is -0.458. The molecule has 0 saturated carbocycles. The number of anilines is 1. The third kappa shape index (κ3) is 5.11. The molecule has 0 saturated heterocycles. The van der Waals surface area contributed by atoms with E-state index in [0.29, 0.717) is 36.0 Å². The Balaban J connectivity index is 2.25. The molecule has 0 fully saturated rings. The number of nitrogens with one attached hydrogen (secondary N) is 1. The highest BCUT2D eigenvalue weighted by Crippen LogP contribution is 2.29. The number of rotatable bonds is 7. The van der Waals surface area contributed by atoms with Crippen LogP contribution in [0.3, 0.4) is 0 Å². The van der Waals surface area contributed by atoms with Crippen LogP contribution in [0, 0.1) is 11.3 Å². The summed E-state index contributed by atoms with van der Waals surface area (Å²) in [6.07, 6.45) is 1.52. The fourth-order valence-corrected chi connectivity index (χ4v) is 2.19. The molecule has 0 atom stereocenters. The van der Waals surface area contributed by atoms with E-state index in [1.807, 2.05) is 38.1 Å². The first-order chi connectivity index (χ1) is 12.2. The molecule has 0 bridgehead atoms. The quantitative estimate of drug-likeness (QED) is 0.612. The zero-order valence-electron chi connectivity index (χ0n) is 14.3. The second-order valence-electron chi connectivity index (χ2n) is 5.06. The standard InChI is InChI=1S/C20H20N2O3/c1-3-24-18-11-10-15(13-19(18)25-4-2)12-16(14-21)20(23)22-17-8-6-5-7-9-17/h5-13H,3-4H2,1-2H3,(H,22,23)/b16-12-. The predicted octanol–water partition coefficient (Wildman–Crippen LogP) is 4.03. The van der Waals surface area contributed by atoms with Crippen LogP contribution in [0.25, 0.3) is 6.08 Å². The molecule has 2 rings (SSSR count). The number of benzene rings is 2. The van der Waals surface area contributed by atoms with E-state index in [9.17, 15) is 10.1 Å². The van der Waals surface area contributed by atoms with E-state index in [1.165, 1.54) is 6.08 Å². The molecule has 5 heteroatoms. The SMILES string of the molecule is CCOc1ccc(/C=C(/C#N)C(=O)Nc2ccccc2)cc1OCC. The van der Waals surface area contributed by atoms with Gasteiger partial charge in [0, 0.05) is 5.69 Å². The molecule has 25 heavy (non-hydrogen) atoms. The summed E-state index contributed by atoms with van der Waals surface area (Å²) >= 11 is 0. The van der Waals surface area contributed by atoms with Gasteiger partial charge in [-0.2, -0.15) is 5.26 Å². The van der Waals surface area contributed by atoms with Crippen molar-refractivity contribution in [3.63, 3.8) is 0 Å². The molecular formula is C20H20N2O3. The summed E-state index contributed by atoms with van der Waals surface area (Å²) in [5.74, 6) is 0.758. The van der Waals surface area contributed by atoms with Crippen LogP contribution >= 0.6 is 0 Å². The monoisotopic (exact) mass is 336 g/mol. The van der Waals surface area contributed by atoms with Crippen LogP contribution in [0.15, 0.2) is 54.1 Å². The predicted molar refractivity (Wildman–Crippen MR) is 97.4 cm³/mol. The number of hydrogen-bond acceptors (Lipinski definition) is 4. The second kappa shape index (κ2) is 9.14. The van der Waals surface area contributed by atoms with Gasteiger partial charge in [0.25, 0.3) is 5.91 Å². The fourth-order valence-electron chi connectivity index (χ4n) is 2.19. The van der Waals surface area contributed by atoms with E-state index in [1.54, 1.807) is 30.3 Å². The largest absolute Gasteiger partial charge is 0.490 e. The van der Waals surface area contributed by atoms with Gasteiger partial charge in [-0.05, 0) is 49.8 Å². The van der Waals surface area contributed by atoms with E-state index >= 15 is 0 Å². The van der Waals surface area contributed by atoms with Gasteiger partial charge < -0.3 is 14.8 Å². The molecule has 0 aliphatic rings. The van der Waals surface area contributed by atoms with Gasteiger partial charge in [-0.15, -0.1) is 0 Å². The third-order valence-electron chi connectivity index (χ3n) is 3.28. The highest BCUT2D eigenvalue weighted by atomic mass is 16.5. The Kier molecular flexibility index (Phi) is 6.61. The number of carbonyl (C=O) groups is 1. The highest BCUT2D eigenvalue weighted by molar-refractivity contribution is 6.09. The lowest BCUT2D eigenvalue weighted by Gasteiger charge is -2.11. The second-order valence-corrected chi connectivity index (χ2v) is 5.06. The topological polar surface area (TPSA) is 71.3 Å². The Labute approximate surface area is 147 Å². The molecule has 2 aromatic carbocycles. The number of amides is 1. The molecule has 1 amide bonds. The molecule has 1 N–H and O–H groups in total. The number of carbonyl (C=O) groups excluding carboxylic acids is 1. The molecule has 0 unspecified atom stereocenters. The van der Waals surface area contributed by atoms with Crippen molar-refractivity contribution in [3.05, 3.63) is 59.7 Å². The average molecular weight is 336 g/mol. The summed E-state index contributed by atoms with van der Waals surface area (Å²) in [5.41, 5.74) is 1.33. The van der Waals surface area contributed by atoms with Gasteiger partial charge in [0.05, 0.1) is 13.2 Å². The lowest BCUT2D eigenvalue weighted by atomic mass is 10.1. The van der Waals surface area contributed by atoms with Gasteiger partial charge >= 0.3 is 0 Å². The molecule has 0 spiro atoms. The number of ether oxygens (including phenoxy) is 2. The van der Waals surface area contributed by atoms with Gasteiger partial charge in [0.1, 0.15) is 11.6 Å². The van der Waals surface area contributed by atoms with E-state index in [2.05, 4.69) is 5.32 Å². The zero-order chi connectivity index (χ0) is 18.1. The van der Waals surface area contributed by atoms with Crippen molar-refractivity contribution in [2.24, 2.45) is 0 Å². The number of hydrogen-bond donors (Lipinski definition) is 1. The summed E-state index contributed by atoms with van der Waals surface area (Å²) in [6, 6.07) is 16.2.